The Kier molecular flexibility index (Phi) is 4.58. The van der Waals surface area contributed by atoms with Gasteiger partial charge in [-0.15, -0.1) is 0 Å². The lowest BCUT2D eigenvalue weighted by Crippen LogP contribution is -2.61. The third kappa shape index (κ3) is 2.80. The molecule has 1 aromatic carbocycles. The summed E-state index contributed by atoms with van der Waals surface area (Å²) in [4.78, 5) is 2.74. The van der Waals surface area contributed by atoms with E-state index in [1.54, 1.807) is 0 Å². The number of benzene rings is 1. The largest absolute Gasteiger partial charge is 0.390 e. The molecule has 0 unspecified atom stereocenters. The molecule has 8 nitrogen and oxygen atoms in total. The monoisotopic (exact) mass is 307 g/mol. The molecular weight excluding hydrogens is 290 g/mol. The van der Waals surface area contributed by atoms with E-state index in [1.165, 1.54) is 7.11 Å². The third-order valence-corrected chi connectivity index (χ3v) is 3.82. The van der Waals surface area contributed by atoms with Crippen molar-refractivity contribution in [3.05, 3.63) is 46.3 Å². The zero-order chi connectivity index (χ0) is 15.5. The highest BCUT2D eigenvalue weighted by Crippen LogP contribution is 2.35. The number of rotatable bonds is 3. The highest BCUT2D eigenvalue weighted by molar-refractivity contribution is 5.16. The molecule has 0 amide bonds. The van der Waals surface area contributed by atoms with E-state index in [0.717, 1.165) is 5.56 Å². The third-order valence-electron chi connectivity index (χ3n) is 3.82. The standard InChI is InChI=1S/C14H17N3O5/c1-19-14-10(16-17-15)11(18)12-9(21-14)7-20-13(22-12)8-5-3-2-4-6-8/h2-6,9-14,18H,7H2,1H3/t9-,10+,11+,12-,13+,14+/m0/s1. The minimum absolute atomic E-state index is 0.254. The van der Waals surface area contributed by atoms with Crippen LogP contribution >= 0.6 is 0 Å². The molecule has 2 heterocycles. The van der Waals surface area contributed by atoms with Gasteiger partial charge in [-0.25, -0.2) is 0 Å². The van der Waals surface area contributed by atoms with Gasteiger partial charge in [-0.2, -0.15) is 0 Å². The van der Waals surface area contributed by atoms with Gasteiger partial charge in [0.1, 0.15) is 18.2 Å². The second-order valence-corrected chi connectivity index (χ2v) is 5.14. The van der Waals surface area contributed by atoms with Crippen molar-refractivity contribution in [2.75, 3.05) is 13.7 Å². The Morgan fingerprint density at radius 3 is 2.77 bits per heavy atom. The van der Waals surface area contributed by atoms with Crippen LogP contribution in [0.25, 0.3) is 10.4 Å². The van der Waals surface area contributed by atoms with Crippen molar-refractivity contribution >= 4 is 0 Å². The molecule has 2 aliphatic rings. The highest BCUT2D eigenvalue weighted by Gasteiger charge is 2.49. The first kappa shape index (κ1) is 15.2. The lowest BCUT2D eigenvalue weighted by Gasteiger charge is -2.46. The average molecular weight is 307 g/mol. The number of hydrogen-bond donors (Lipinski definition) is 1. The summed E-state index contributed by atoms with van der Waals surface area (Å²) in [5, 5.41) is 14.0. The molecule has 2 fully saturated rings. The van der Waals surface area contributed by atoms with E-state index >= 15 is 0 Å². The van der Waals surface area contributed by atoms with Crippen LogP contribution in [0.1, 0.15) is 11.9 Å². The van der Waals surface area contributed by atoms with E-state index in [0.29, 0.717) is 0 Å². The Hall–Kier alpha value is -1.67. The molecule has 6 atom stereocenters. The van der Waals surface area contributed by atoms with Crippen molar-refractivity contribution in [3.63, 3.8) is 0 Å². The van der Waals surface area contributed by atoms with Crippen LogP contribution in [-0.4, -0.2) is 49.5 Å². The van der Waals surface area contributed by atoms with Crippen molar-refractivity contribution in [2.45, 2.75) is 36.9 Å². The summed E-state index contributed by atoms with van der Waals surface area (Å²) in [6.45, 7) is 0.254. The van der Waals surface area contributed by atoms with Crippen LogP contribution in [0.4, 0.5) is 0 Å². The predicted octanol–water partition coefficient (Wildman–Crippen LogP) is 1.51. The fraction of sp³-hybridized carbons (Fsp3) is 0.571. The fourth-order valence-corrected chi connectivity index (χ4v) is 2.73. The minimum Gasteiger partial charge on any atom is -0.390 e. The molecule has 0 bridgehead atoms. The number of aliphatic hydroxyl groups is 1. The number of hydrogen-bond acceptors (Lipinski definition) is 6. The molecule has 2 aliphatic heterocycles. The van der Waals surface area contributed by atoms with Crippen LogP contribution in [0.2, 0.25) is 0 Å². The summed E-state index contributed by atoms with van der Waals surface area (Å²) in [5.41, 5.74) is 9.50. The second-order valence-electron chi connectivity index (χ2n) is 5.14. The Bertz CT molecular complexity index is 551. The molecule has 8 heteroatoms. The van der Waals surface area contributed by atoms with Crippen molar-refractivity contribution in [1.82, 2.24) is 0 Å². The molecule has 0 aliphatic carbocycles. The Labute approximate surface area is 127 Å². The SMILES string of the molecule is CO[C@@H]1O[C@H]2CO[C@@H](c3ccccc3)O[C@@H]2[C@H](O)[C@H]1N=[N+]=[N-]. The van der Waals surface area contributed by atoms with Crippen LogP contribution < -0.4 is 0 Å². The summed E-state index contributed by atoms with van der Waals surface area (Å²) in [7, 11) is 1.43. The summed E-state index contributed by atoms with van der Waals surface area (Å²) < 4.78 is 22.3. The lowest BCUT2D eigenvalue weighted by atomic mass is 9.96. The number of nitrogens with zero attached hydrogens (tertiary/aromatic N) is 3. The summed E-state index contributed by atoms with van der Waals surface area (Å²) in [5.74, 6) is 0. The Morgan fingerprint density at radius 2 is 2.09 bits per heavy atom. The molecule has 0 spiro atoms. The Balaban J connectivity index is 1.79. The smallest absolute Gasteiger partial charge is 0.184 e. The van der Waals surface area contributed by atoms with E-state index in [4.69, 9.17) is 24.5 Å². The topological polar surface area (TPSA) is 106 Å². The van der Waals surface area contributed by atoms with E-state index in [9.17, 15) is 5.11 Å². The molecule has 0 aromatic heterocycles. The van der Waals surface area contributed by atoms with Crippen LogP contribution in [-0.2, 0) is 18.9 Å². The van der Waals surface area contributed by atoms with Gasteiger partial charge in [0, 0.05) is 17.6 Å². The van der Waals surface area contributed by atoms with Gasteiger partial charge in [0.2, 0.25) is 0 Å². The van der Waals surface area contributed by atoms with Crippen molar-refractivity contribution < 1.29 is 24.1 Å². The van der Waals surface area contributed by atoms with Gasteiger partial charge in [-0.3, -0.25) is 0 Å². The molecule has 2 saturated heterocycles. The normalized spacial score (nSPS) is 37.9. The Morgan fingerprint density at radius 1 is 1.32 bits per heavy atom. The maximum Gasteiger partial charge on any atom is 0.184 e. The first-order chi connectivity index (χ1) is 10.7. The number of fused-ring (bicyclic) bond motifs is 1. The number of azide groups is 1. The first-order valence-corrected chi connectivity index (χ1v) is 6.97. The quantitative estimate of drug-likeness (QED) is 0.517. The summed E-state index contributed by atoms with van der Waals surface area (Å²) in [6, 6.07) is 8.55. The zero-order valence-electron chi connectivity index (χ0n) is 12.0. The fourth-order valence-electron chi connectivity index (χ4n) is 2.73. The van der Waals surface area contributed by atoms with Crippen LogP contribution in [0.3, 0.4) is 0 Å². The van der Waals surface area contributed by atoms with Gasteiger partial charge in [-0.05, 0) is 5.53 Å². The van der Waals surface area contributed by atoms with Crippen LogP contribution in [0.15, 0.2) is 35.4 Å². The van der Waals surface area contributed by atoms with Gasteiger partial charge >= 0.3 is 0 Å². The van der Waals surface area contributed by atoms with E-state index in [2.05, 4.69) is 10.0 Å². The van der Waals surface area contributed by atoms with Gasteiger partial charge in [0.15, 0.2) is 12.6 Å². The molecule has 0 saturated carbocycles. The van der Waals surface area contributed by atoms with Gasteiger partial charge < -0.3 is 24.1 Å². The highest BCUT2D eigenvalue weighted by atomic mass is 16.7. The van der Waals surface area contributed by atoms with Gasteiger partial charge in [-0.1, -0.05) is 35.4 Å². The molecule has 1 N–H and O–H groups in total. The predicted molar refractivity (Wildman–Crippen MR) is 74.6 cm³/mol. The van der Waals surface area contributed by atoms with E-state index in [1.807, 2.05) is 30.3 Å². The lowest BCUT2D eigenvalue weighted by molar-refractivity contribution is -0.338. The molecular formula is C14H17N3O5. The average Bonchev–Trinajstić information content (AvgIpc) is 2.58. The minimum atomic E-state index is -1.03. The van der Waals surface area contributed by atoms with Gasteiger partial charge in [0.25, 0.3) is 0 Å². The van der Waals surface area contributed by atoms with Crippen molar-refractivity contribution in [3.8, 4) is 0 Å². The van der Waals surface area contributed by atoms with E-state index < -0.39 is 36.9 Å². The number of ether oxygens (including phenoxy) is 4. The molecule has 22 heavy (non-hydrogen) atoms. The van der Waals surface area contributed by atoms with Crippen LogP contribution in [0.5, 0.6) is 0 Å². The molecule has 3 rings (SSSR count). The summed E-state index contributed by atoms with van der Waals surface area (Å²) in [6.07, 6.45) is -3.58. The van der Waals surface area contributed by atoms with Crippen LogP contribution in [0, 0.1) is 0 Å². The first-order valence-electron chi connectivity index (χ1n) is 6.97. The second kappa shape index (κ2) is 6.62. The molecule has 118 valence electrons. The van der Waals surface area contributed by atoms with Crippen molar-refractivity contribution in [1.29, 1.82) is 0 Å². The molecule has 1 aromatic rings. The maximum atomic E-state index is 10.5. The number of aliphatic hydroxyl groups excluding tert-OH is 1. The molecule has 0 radical (unpaired) electrons. The number of methoxy groups -OCH3 is 1. The zero-order valence-corrected chi connectivity index (χ0v) is 12.0. The van der Waals surface area contributed by atoms with Crippen molar-refractivity contribution in [2.24, 2.45) is 5.11 Å². The maximum absolute atomic E-state index is 10.5. The summed E-state index contributed by atoms with van der Waals surface area (Å²) >= 11 is 0. The van der Waals surface area contributed by atoms with E-state index in [-0.39, 0.29) is 6.61 Å². The van der Waals surface area contributed by atoms with Gasteiger partial charge in [0.05, 0.1) is 12.7 Å².